The van der Waals surface area contributed by atoms with Gasteiger partial charge in [0.25, 0.3) is 10.0 Å². The van der Waals surface area contributed by atoms with E-state index >= 15 is 0 Å². The largest absolute Gasteiger partial charge is 0.294 e. The Morgan fingerprint density at radius 3 is 2.67 bits per heavy atom. The highest BCUT2D eigenvalue weighted by Gasteiger charge is 2.32. The fourth-order valence-electron chi connectivity index (χ4n) is 2.26. The third-order valence-corrected chi connectivity index (χ3v) is 6.52. The first-order chi connectivity index (χ1) is 10.0. The van der Waals surface area contributed by atoms with E-state index in [4.69, 9.17) is 5.26 Å². The van der Waals surface area contributed by atoms with Crippen LogP contribution in [0.4, 0.5) is 5.69 Å². The number of thiophene rings is 1. The molecule has 5 nitrogen and oxygen atoms in total. The zero-order valence-corrected chi connectivity index (χ0v) is 12.4. The fourth-order valence-corrected chi connectivity index (χ4v) is 4.96. The average Bonchev–Trinajstić information content (AvgIpc) is 2.97. The summed E-state index contributed by atoms with van der Waals surface area (Å²) in [6, 6.07) is 11.5. The lowest BCUT2D eigenvalue weighted by atomic mass is 10.0. The van der Waals surface area contributed by atoms with Gasteiger partial charge in [0.2, 0.25) is 0 Å². The number of hydrogen-bond donors (Lipinski definition) is 0. The van der Waals surface area contributed by atoms with Crippen LogP contribution >= 0.6 is 11.3 Å². The summed E-state index contributed by atoms with van der Waals surface area (Å²) < 4.78 is 26.8. The maximum absolute atomic E-state index is 12.7. The standard InChI is InChI=1S/C14H10N2O3S2/c15-9-10-5-6-14(20-10)21(18,19)16-8-7-13(17)11-3-1-2-4-12(11)16/h1-6H,7-8H2. The van der Waals surface area contributed by atoms with E-state index in [1.807, 2.05) is 6.07 Å². The molecule has 0 radical (unpaired) electrons. The molecule has 0 amide bonds. The molecule has 106 valence electrons. The topological polar surface area (TPSA) is 78.2 Å². The van der Waals surface area contributed by atoms with Crippen molar-refractivity contribution in [1.29, 1.82) is 5.26 Å². The molecule has 1 aliphatic heterocycles. The third kappa shape index (κ3) is 2.22. The lowest BCUT2D eigenvalue weighted by Gasteiger charge is -2.29. The van der Waals surface area contributed by atoms with Crippen molar-refractivity contribution < 1.29 is 13.2 Å². The van der Waals surface area contributed by atoms with Crippen molar-refractivity contribution in [2.75, 3.05) is 10.8 Å². The first-order valence-electron chi connectivity index (χ1n) is 6.19. The number of anilines is 1. The maximum atomic E-state index is 12.7. The Labute approximate surface area is 126 Å². The van der Waals surface area contributed by atoms with Crippen LogP contribution in [0.5, 0.6) is 0 Å². The van der Waals surface area contributed by atoms with Gasteiger partial charge in [0.15, 0.2) is 5.78 Å². The molecule has 2 heterocycles. The number of carbonyl (C=O) groups excluding carboxylic acids is 1. The Balaban J connectivity index is 2.11. The number of fused-ring (bicyclic) bond motifs is 1. The Bertz CT molecular complexity index is 862. The molecule has 1 aromatic heterocycles. The summed E-state index contributed by atoms with van der Waals surface area (Å²) in [7, 11) is -3.74. The number of nitrogens with zero attached hydrogens (tertiary/aromatic N) is 2. The molecular weight excluding hydrogens is 308 g/mol. The van der Waals surface area contributed by atoms with Gasteiger partial charge in [-0.3, -0.25) is 9.10 Å². The maximum Gasteiger partial charge on any atom is 0.273 e. The van der Waals surface area contributed by atoms with Crippen LogP contribution in [0.3, 0.4) is 0 Å². The molecule has 0 saturated heterocycles. The van der Waals surface area contributed by atoms with E-state index in [9.17, 15) is 13.2 Å². The van der Waals surface area contributed by atoms with Gasteiger partial charge in [0.1, 0.15) is 15.2 Å². The van der Waals surface area contributed by atoms with Gasteiger partial charge in [0, 0.05) is 18.5 Å². The zero-order chi connectivity index (χ0) is 15.0. The molecule has 1 aromatic carbocycles. The lowest BCUT2D eigenvalue weighted by Crippen LogP contribution is -2.37. The van der Waals surface area contributed by atoms with Crippen molar-refractivity contribution in [3.63, 3.8) is 0 Å². The number of rotatable bonds is 2. The number of hydrogen-bond acceptors (Lipinski definition) is 5. The third-order valence-electron chi connectivity index (χ3n) is 3.25. The summed E-state index contributed by atoms with van der Waals surface area (Å²) in [4.78, 5) is 12.2. The van der Waals surface area contributed by atoms with Crippen molar-refractivity contribution in [2.24, 2.45) is 0 Å². The second kappa shape index (κ2) is 4.98. The number of nitriles is 1. The van der Waals surface area contributed by atoms with Gasteiger partial charge < -0.3 is 0 Å². The first kappa shape index (κ1) is 13.8. The molecular formula is C14H10N2O3S2. The number of para-hydroxylation sites is 1. The lowest BCUT2D eigenvalue weighted by molar-refractivity contribution is 0.0982. The van der Waals surface area contributed by atoms with Gasteiger partial charge in [-0.1, -0.05) is 12.1 Å². The van der Waals surface area contributed by atoms with E-state index < -0.39 is 10.0 Å². The van der Waals surface area contributed by atoms with Gasteiger partial charge in [-0.15, -0.1) is 11.3 Å². The van der Waals surface area contributed by atoms with Gasteiger partial charge >= 0.3 is 0 Å². The molecule has 2 aromatic rings. The minimum atomic E-state index is -3.74. The molecule has 21 heavy (non-hydrogen) atoms. The predicted octanol–water partition coefficient (Wildman–Crippen LogP) is 2.40. The molecule has 0 bridgehead atoms. The molecule has 0 spiro atoms. The highest BCUT2D eigenvalue weighted by atomic mass is 32.2. The normalized spacial score (nSPS) is 14.6. The van der Waals surface area contributed by atoms with Crippen LogP contribution in [0.1, 0.15) is 21.7 Å². The minimum absolute atomic E-state index is 0.0547. The van der Waals surface area contributed by atoms with Gasteiger partial charge in [-0.2, -0.15) is 5.26 Å². The van der Waals surface area contributed by atoms with E-state index in [0.29, 0.717) is 16.1 Å². The number of sulfonamides is 1. The molecule has 0 fully saturated rings. The number of ketones is 1. The van der Waals surface area contributed by atoms with E-state index in [2.05, 4.69) is 0 Å². The number of carbonyl (C=O) groups is 1. The molecule has 1 aliphatic rings. The summed E-state index contributed by atoms with van der Waals surface area (Å²) in [6.07, 6.45) is 0.159. The average molecular weight is 318 g/mol. The van der Waals surface area contributed by atoms with Crippen LogP contribution in [0, 0.1) is 11.3 Å². The second-order valence-corrected chi connectivity index (χ2v) is 7.67. The first-order valence-corrected chi connectivity index (χ1v) is 8.44. The van der Waals surface area contributed by atoms with E-state index in [0.717, 1.165) is 11.3 Å². The molecule has 0 atom stereocenters. The fraction of sp³-hybridized carbons (Fsp3) is 0.143. The van der Waals surface area contributed by atoms with Crippen LogP contribution < -0.4 is 4.31 Å². The monoisotopic (exact) mass is 318 g/mol. The van der Waals surface area contributed by atoms with E-state index in [1.54, 1.807) is 24.3 Å². The predicted molar refractivity (Wildman–Crippen MR) is 79.0 cm³/mol. The SMILES string of the molecule is N#Cc1ccc(S(=O)(=O)N2CCC(=O)c3ccccc32)s1. The highest BCUT2D eigenvalue weighted by Crippen LogP contribution is 2.33. The van der Waals surface area contributed by atoms with E-state index in [-0.39, 0.29) is 23.0 Å². The Hall–Kier alpha value is -2.17. The Kier molecular flexibility index (Phi) is 3.27. The van der Waals surface area contributed by atoms with Crippen molar-refractivity contribution >= 4 is 32.8 Å². The van der Waals surface area contributed by atoms with Crippen LogP contribution in [0.25, 0.3) is 0 Å². The summed E-state index contributed by atoms with van der Waals surface area (Å²) in [5, 5.41) is 8.83. The zero-order valence-electron chi connectivity index (χ0n) is 10.8. The van der Waals surface area contributed by atoms with Crippen LogP contribution in [-0.2, 0) is 10.0 Å². The molecule has 0 N–H and O–H groups in total. The number of Topliss-reactive ketones (excluding diaryl/α,β-unsaturated/α-hetero) is 1. The van der Waals surface area contributed by atoms with Crippen LogP contribution in [0.15, 0.2) is 40.6 Å². The van der Waals surface area contributed by atoms with Gasteiger partial charge in [-0.05, 0) is 24.3 Å². The second-order valence-electron chi connectivity index (χ2n) is 4.50. The van der Waals surface area contributed by atoms with Crippen molar-refractivity contribution in [3.8, 4) is 6.07 Å². The van der Waals surface area contributed by atoms with Crippen LogP contribution in [0.2, 0.25) is 0 Å². The quantitative estimate of drug-likeness (QED) is 0.852. The summed E-state index contributed by atoms with van der Waals surface area (Å²) in [5.41, 5.74) is 0.824. The number of benzene rings is 1. The van der Waals surface area contributed by atoms with Crippen molar-refractivity contribution in [2.45, 2.75) is 10.6 Å². The van der Waals surface area contributed by atoms with Crippen molar-refractivity contribution in [3.05, 3.63) is 46.8 Å². The molecule has 0 saturated carbocycles. The summed E-state index contributed by atoms with van der Waals surface area (Å²) >= 11 is 0.933. The van der Waals surface area contributed by atoms with E-state index in [1.165, 1.54) is 16.4 Å². The summed E-state index contributed by atoms with van der Waals surface area (Å²) in [5.74, 6) is -0.0547. The molecule has 0 unspecified atom stereocenters. The summed E-state index contributed by atoms with van der Waals surface area (Å²) in [6.45, 7) is 0.123. The van der Waals surface area contributed by atoms with Gasteiger partial charge in [-0.25, -0.2) is 8.42 Å². The van der Waals surface area contributed by atoms with Gasteiger partial charge in [0.05, 0.1) is 5.69 Å². The minimum Gasteiger partial charge on any atom is -0.294 e. The molecule has 3 rings (SSSR count). The smallest absolute Gasteiger partial charge is 0.273 e. The molecule has 0 aliphatic carbocycles. The van der Waals surface area contributed by atoms with Crippen LogP contribution in [-0.4, -0.2) is 20.7 Å². The highest BCUT2D eigenvalue weighted by molar-refractivity contribution is 7.94. The Morgan fingerprint density at radius 1 is 1.19 bits per heavy atom. The van der Waals surface area contributed by atoms with Crippen molar-refractivity contribution in [1.82, 2.24) is 0 Å². The Morgan fingerprint density at radius 2 is 1.95 bits per heavy atom. The molecule has 7 heteroatoms.